The summed E-state index contributed by atoms with van der Waals surface area (Å²) in [5, 5.41) is 11.8. The third-order valence-corrected chi connectivity index (χ3v) is 3.36. The van der Waals surface area contributed by atoms with Crippen LogP contribution in [-0.2, 0) is 11.2 Å². The van der Waals surface area contributed by atoms with Crippen molar-refractivity contribution in [2.75, 3.05) is 11.9 Å². The highest BCUT2D eigenvalue weighted by atomic mass is 35.5. The average Bonchev–Trinajstić information content (AvgIpc) is 2.51. The summed E-state index contributed by atoms with van der Waals surface area (Å²) in [6.07, 6.45) is -0.0529. The van der Waals surface area contributed by atoms with Gasteiger partial charge in [-0.1, -0.05) is 23.7 Å². The fraction of sp³-hybridized carbons (Fsp3) is 0.176. The molecule has 1 amide bonds. The highest BCUT2D eigenvalue weighted by molar-refractivity contribution is 6.32. The molecule has 2 aromatic rings. The number of halogens is 1. The van der Waals surface area contributed by atoms with Crippen LogP contribution < -0.4 is 10.1 Å². The van der Waals surface area contributed by atoms with Gasteiger partial charge in [0, 0.05) is 11.3 Å². The van der Waals surface area contributed by atoms with Gasteiger partial charge in [-0.05, 0) is 42.8 Å². The molecule has 0 fully saturated rings. The zero-order chi connectivity index (χ0) is 16.8. The molecule has 0 spiro atoms. The van der Waals surface area contributed by atoms with Crippen LogP contribution in [0, 0.1) is 0 Å². The summed E-state index contributed by atoms with van der Waals surface area (Å²) in [7, 11) is 0. The standard InChI is InChI=1S/C17H16ClNO4/c1-2-23-15-8-5-12(10-14(15)18)17(22)19-13-6-3-11(4-7-13)9-16(20)21/h3-8,10H,2,9H2,1H3,(H,19,22)(H,20,21). The number of nitrogens with one attached hydrogen (secondary N) is 1. The van der Waals surface area contributed by atoms with E-state index in [1.54, 1.807) is 42.5 Å². The second kappa shape index (κ2) is 7.65. The number of carboxylic acid groups (broad SMARTS) is 1. The first-order valence-corrected chi connectivity index (χ1v) is 7.42. The lowest BCUT2D eigenvalue weighted by Gasteiger charge is -2.09. The van der Waals surface area contributed by atoms with Gasteiger partial charge in [0.2, 0.25) is 0 Å². The van der Waals surface area contributed by atoms with Crippen molar-refractivity contribution >= 4 is 29.2 Å². The third kappa shape index (κ3) is 4.72. The highest BCUT2D eigenvalue weighted by Crippen LogP contribution is 2.25. The van der Waals surface area contributed by atoms with Gasteiger partial charge in [-0.25, -0.2) is 0 Å². The molecular formula is C17H16ClNO4. The summed E-state index contributed by atoms with van der Waals surface area (Å²) in [6, 6.07) is 11.5. The van der Waals surface area contributed by atoms with Crippen LogP contribution >= 0.6 is 11.6 Å². The summed E-state index contributed by atoms with van der Waals surface area (Å²) < 4.78 is 5.32. The zero-order valence-corrected chi connectivity index (χ0v) is 13.3. The van der Waals surface area contributed by atoms with E-state index in [1.165, 1.54) is 0 Å². The number of amides is 1. The van der Waals surface area contributed by atoms with Crippen LogP contribution in [-0.4, -0.2) is 23.6 Å². The first-order valence-electron chi connectivity index (χ1n) is 7.04. The van der Waals surface area contributed by atoms with Crippen molar-refractivity contribution in [2.24, 2.45) is 0 Å². The summed E-state index contributed by atoms with van der Waals surface area (Å²) in [5.41, 5.74) is 1.65. The molecule has 0 aliphatic carbocycles. The Kier molecular flexibility index (Phi) is 5.60. The summed E-state index contributed by atoms with van der Waals surface area (Å²) in [6.45, 7) is 2.35. The Morgan fingerprint density at radius 2 is 1.87 bits per heavy atom. The highest BCUT2D eigenvalue weighted by Gasteiger charge is 2.10. The molecule has 2 N–H and O–H groups in total. The maximum absolute atomic E-state index is 12.2. The molecule has 120 valence electrons. The first-order chi connectivity index (χ1) is 11.0. The van der Waals surface area contributed by atoms with E-state index in [0.29, 0.717) is 34.2 Å². The Morgan fingerprint density at radius 3 is 2.43 bits per heavy atom. The molecule has 0 aliphatic rings. The Bertz CT molecular complexity index is 713. The lowest BCUT2D eigenvalue weighted by Crippen LogP contribution is -2.12. The van der Waals surface area contributed by atoms with Gasteiger partial charge in [0.25, 0.3) is 5.91 Å². The number of rotatable bonds is 6. The molecule has 0 saturated carbocycles. The monoisotopic (exact) mass is 333 g/mol. The quantitative estimate of drug-likeness (QED) is 0.846. The molecular weight excluding hydrogens is 318 g/mol. The van der Waals surface area contributed by atoms with E-state index in [0.717, 1.165) is 0 Å². The normalized spacial score (nSPS) is 10.2. The SMILES string of the molecule is CCOc1ccc(C(=O)Nc2ccc(CC(=O)O)cc2)cc1Cl. The molecule has 0 aliphatic heterocycles. The smallest absolute Gasteiger partial charge is 0.307 e. The van der Waals surface area contributed by atoms with E-state index < -0.39 is 5.97 Å². The number of carbonyl (C=O) groups excluding carboxylic acids is 1. The lowest BCUT2D eigenvalue weighted by atomic mass is 10.1. The molecule has 0 atom stereocenters. The van der Waals surface area contributed by atoms with Gasteiger partial charge in [0.15, 0.2) is 0 Å². The minimum absolute atomic E-state index is 0.0529. The van der Waals surface area contributed by atoms with Gasteiger partial charge < -0.3 is 15.2 Å². The van der Waals surface area contributed by atoms with Crippen molar-refractivity contribution < 1.29 is 19.4 Å². The van der Waals surface area contributed by atoms with E-state index >= 15 is 0 Å². The number of ether oxygens (including phenoxy) is 1. The Labute approximate surface area is 138 Å². The summed E-state index contributed by atoms with van der Waals surface area (Å²) in [5.74, 6) is -0.671. The maximum Gasteiger partial charge on any atom is 0.307 e. The van der Waals surface area contributed by atoms with Crippen LogP contribution in [0.5, 0.6) is 5.75 Å². The minimum atomic E-state index is -0.897. The Balaban J connectivity index is 2.06. The fourth-order valence-electron chi connectivity index (χ4n) is 2.00. The van der Waals surface area contributed by atoms with Crippen molar-refractivity contribution in [1.29, 1.82) is 0 Å². The summed E-state index contributed by atoms with van der Waals surface area (Å²) >= 11 is 6.06. The van der Waals surface area contributed by atoms with E-state index in [4.69, 9.17) is 21.4 Å². The van der Waals surface area contributed by atoms with Crippen LogP contribution in [0.25, 0.3) is 0 Å². The van der Waals surface area contributed by atoms with E-state index in [-0.39, 0.29) is 12.3 Å². The van der Waals surface area contributed by atoms with Crippen molar-refractivity contribution in [3.8, 4) is 5.75 Å². The molecule has 0 radical (unpaired) electrons. The average molecular weight is 334 g/mol. The number of carbonyl (C=O) groups is 2. The number of benzene rings is 2. The Morgan fingerprint density at radius 1 is 1.17 bits per heavy atom. The van der Waals surface area contributed by atoms with Crippen LogP contribution in [0.3, 0.4) is 0 Å². The van der Waals surface area contributed by atoms with Gasteiger partial charge in [0.05, 0.1) is 18.1 Å². The molecule has 5 nitrogen and oxygen atoms in total. The van der Waals surface area contributed by atoms with E-state index in [1.807, 2.05) is 6.92 Å². The largest absolute Gasteiger partial charge is 0.492 e. The molecule has 0 bridgehead atoms. The molecule has 0 aromatic heterocycles. The first kappa shape index (κ1) is 16.8. The van der Waals surface area contributed by atoms with Crippen LogP contribution in [0.4, 0.5) is 5.69 Å². The molecule has 6 heteroatoms. The van der Waals surface area contributed by atoms with Gasteiger partial charge in [-0.3, -0.25) is 9.59 Å². The zero-order valence-electron chi connectivity index (χ0n) is 12.5. The third-order valence-electron chi connectivity index (χ3n) is 3.06. The predicted molar refractivity (Wildman–Crippen MR) is 88.4 cm³/mol. The van der Waals surface area contributed by atoms with Crippen molar-refractivity contribution in [1.82, 2.24) is 0 Å². The lowest BCUT2D eigenvalue weighted by molar-refractivity contribution is -0.136. The predicted octanol–water partition coefficient (Wildman–Crippen LogP) is 3.62. The van der Waals surface area contributed by atoms with Crippen LogP contribution in [0.15, 0.2) is 42.5 Å². The van der Waals surface area contributed by atoms with Gasteiger partial charge in [0.1, 0.15) is 5.75 Å². The topological polar surface area (TPSA) is 75.6 Å². The molecule has 0 heterocycles. The Hall–Kier alpha value is -2.53. The maximum atomic E-state index is 12.2. The second-order valence-electron chi connectivity index (χ2n) is 4.80. The fourth-order valence-corrected chi connectivity index (χ4v) is 2.23. The second-order valence-corrected chi connectivity index (χ2v) is 5.21. The van der Waals surface area contributed by atoms with Gasteiger partial charge >= 0.3 is 5.97 Å². The molecule has 2 aromatic carbocycles. The number of hydrogen-bond acceptors (Lipinski definition) is 3. The molecule has 23 heavy (non-hydrogen) atoms. The number of anilines is 1. The molecule has 2 rings (SSSR count). The van der Waals surface area contributed by atoms with Crippen LogP contribution in [0.1, 0.15) is 22.8 Å². The van der Waals surface area contributed by atoms with E-state index in [2.05, 4.69) is 5.32 Å². The number of hydrogen-bond donors (Lipinski definition) is 2. The van der Waals surface area contributed by atoms with Gasteiger partial charge in [-0.2, -0.15) is 0 Å². The number of carboxylic acids is 1. The minimum Gasteiger partial charge on any atom is -0.492 e. The number of aliphatic carboxylic acids is 1. The summed E-state index contributed by atoms with van der Waals surface area (Å²) in [4.78, 5) is 22.8. The molecule has 0 saturated heterocycles. The van der Waals surface area contributed by atoms with Gasteiger partial charge in [-0.15, -0.1) is 0 Å². The van der Waals surface area contributed by atoms with Crippen molar-refractivity contribution in [2.45, 2.75) is 13.3 Å². The van der Waals surface area contributed by atoms with Crippen molar-refractivity contribution in [3.05, 3.63) is 58.6 Å². The van der Waals surface area contributed by atoms with E-state index in [9.17, 15) is 9.59 Å². The van der Waals surface area contributed by atoms with Crippen molar-refractivity contribution in [3.63, 3.8) is 0 Å². The van der Waals surface area contributed by atoms with Crippen LogP contribution in [0.2, 0.25) is 5.02 Å². The molecule has 0 unspecified atom stereocenters.